The first-order chi connectivity index (χ1) is 14.0. The molecule has 3 aromatic rings. The van der Waals surface area contributed by atoms with Gasteiger partial charge in [-0.15, -0.1) is 0 Å². The Labute approximate surface area is 168 Å². The predicted molar refractivity (Wildman–Crippen MR) is 110 cm³/mol. The molecule has 0 aliphatic heterocycles. The normalized spacial score (nSPS) is 14.6. The Balaban J connectivity index is 1.87. The third kappa shape index (κ3) is 3.94. The zero-order valence-electron chi connectivity index (χ0n) is 16.1. The van der Waals surface area contributed by atoms with Gasteiger partial charge in [-0.1, -0.05) is 30.3 Å². The molecule has 2 aromatic carbocycles. The number of aromatic nitrogens is 1. The fourth-order valence-corrected chi connectivity index (χ4v) is 3.71. The van der Waals surface area contributed by atoms with Gasteiger partial charge in [0.1, 0.15) is 12.4 Å². The molecule has 0 N–H and O–H groups in total. The van der Waals surface area contributed by atoms with E-state index in [-0.39, 0.29) is 18.2 Å². The van der Waals surface area contributed by atoms with Gasteiger partial charge in [-0.2, -0.15) is 0 Å². The predicted octanol–water partition coefficient (Wildman–Crippen LogP) is 5.00. The molecular formula is C24H20FNO3. The molecule has 29 heavy (non-hydrogen) atoms. The van der Waals surface area contributed by atoms with Crippen LogP contribution in [0.1, 0.15) is 46.9 Å². The van der Waals surface area contributed by atoms with Crippen molar-refractivity contribution < 1.29 is 18.7 Å². The number of rotatable bonds is 4. The van der Waals surface area contributed by atoms with Crippen LogP contribution >= 0.6 is 0 Å². The lowest BCUT2D eigenvalue weighted by Gasteiger charge is -2.22. The topological polar surface area (TPSA) is 56.3 Å². The molecule has 1 aliphatic carbocycles. The number of ketones is 1. The van der Waals surface area contributed by atoms with Crippen molar-refractivity contribution in [2.75, 3.05) is 6.61 Å². The summed E-state index contributed by atoms with van der Waals surface area (Å²) in [7, 11) is 0. The molecule has 0 amide bonds. The van der Waals surface area contributed by atoms with E-state index >= 15 is 0 Å². The Hall–Kier alpha value is -3.34. The number of benzene rings is 2. The first-order valence-corrected chi connectivity index (χ1v) is 9.57. The maximum absolute atomic E-state index is 13.2. The van der Waals surface area contributed by atoms with Gasteiger partial charge in [-0.05, 0) is 67.2 Å². The number of pyridine rings is 1. The molecule has 5 heteroatoms. The monoisotopic (exact) mass is 389 g/mol. The lowest BCUT2D eigenvalue weighted by molar-refractivity contribution is -0.120. The van der Waals surface area contributed by atoms with Crippen LogP contribution in [0.15, 0.2) is 48.5 Å². The highest BCUT2D eigenvalue weighted by atomic mass is 19.1. The maximum Gasteiger partial charge on any atom is 0.339 e. The lowest BCUT2D eigenvalue weighted by atomic mass is 9.86. The van der Waals surface area contributed by atoms with Crippen LogP contribution in [0, 0.1) is 5.82 Å². The average molecular weight is 389 g/mol. The molecule has 0 fully saturated rings. The van der Waals surface area contributed by atoms with Gasteiger partial charge in [-0.25, -0.2) is 14.2 Å². The van der Waals surface area contributed by atoms with Crippen LogP contribution < -0.4 is 0 Å². The van der Waals surface area contributed by atoms with E-state index in [1.165, 1.54) is 19.1 Å². The third-order valence-electron chi connectivity index (χ3n) is 4.99. The van der Waals surface area contributed by atoms with Crippen molar-refractivity contribution in [1.82, 2.24) is 4.98 Å². The minimum Gasteiger partial charge on any atom is -0.454 e. The third-order valence-corrected chi connectivity index (χ3v) is 4.99. The summed E-state index contributed by atoms with van der Waals surface area (Å²) in [5.74, 6) is -0.989. The number of para-hydroxylation sites is 1. The van der Waals surface area contributed by atoms with E-state index in [4.69, 9.17) is 9.72 Å². The maximum atomic E-state index is 13.2. The zero-order valence-corrected chi connectivity index (χ0v) is 16.1. The molecule has 4 nitrogen and oxygen atoms in total. The molecule has 0 saturated heterocycles. The van der Waals surface area contributed by atoms with Crippen molar-refractivity contribution in [2.24, 2.45) is 0 Å². The van der Waals surface area contributed by atoms with Gasteiger partial charge in [0.2, 0.25) is 0 Å². The highest BCUT2D eigenvalue weighted by Gasteiger charge is 2.26. The summed E-state index contributed by atoms with van der Waals surface area (Å²) in [6, 6.07) is 13.7. The summed E-state index contributed by atoms with van der Waals surface area (Å²) in [4.78, 5) is 29.0. The molecule has 0 spiro atoms. The summed E-state index contributed by atoms with van der Waals surface area (Å²) < 4.78 is 18.5. The molecule has 0 atom stereocenters. The number of hydrogen-bond acceptors (Lipinski definition) is 4. The minimum absolute atomic E-state index is 0.206. The average Bonchev–Trinajstić information content (AvgIpc) is 2.72. The summed E-state index contributed by atoms with van der Waals surface area (Å²) in [5, 5.41) is 0.725. The van der Waals surface area contributed by atoms with E-state index in [9.17, 15) is 14.0 Å². The first kappa shape index (κ1) is 19.0. The van der Waals surface area contributed by atoms with E-state index in [0.29, 0.717) is 17.5 Å². The van der Waals surface area contributed by atoms with E-state index in [0.717, 1.165) is 40.6 Å². The van der Waals surface area contributed by atoms with Crippen molar-refractivity contribution >= 4 is 34.3 Å². The molecular weight excluding hydrogens is 369 g/mol. The highest BCUT2D eigenvalue weighted by molar-refractivity contribution is 6.07. The molecule has 0 unspecified atom stereocenters. The fourth-order valence-electron chi connectivity index (χ4n) is 3.71. The second kappa shape index (κ2) is 7.95. The van der Waals surface area contributed by atoms with Crippen molar-refractivity contribution in [2.45, 2.75) is 26.2 Å². The highest BCUT2D eigenvalue weighted by Crippen LogP contribution is 2.36. The van der Waals surface area contributed by atoms with E-state index in [1.807, 2.05) is 30.3 Å². The SMILES string of the molecule is CC(=O)COC(=O)c1c2c(nc3ccccc13)/C(=C/c1ccc(F)cc1)CCC2. The Morgan fingerprint density at radius 3 is 2.62 bits per heavy atom. The number of carbonyl (C=O) groups is 2. The van der Waals surface area contributed by atoms with Crippen LogP contribution in [-0.4, -0.2) is 23.3 Å². The van der Waals surface area contributed by atoms with Gasteiger partial charge in [0.15, 0.2) is 5.78 Å². The lowest BCUT2D eigenvalue weighted by Crippen LogP contribution is -2.17. The molecule has 1 aliphatic rings. The van der Waals surface area contributed by atoms with Crippen molar-refractivity contribution in [3.05, 3.63) is 76.7 Å². The van der Waals surface area contributed by atoms with Crippen molar-refractivity contribution in [3.8, 4) is 0 Å². The van der Waals surface area contributed by atoms with Crippen LogP contribution in [-0.2, 0) is 16.0 Å². The van der Waals surface area contributed by atoms with Gasteiger partial charge in [0.05, 0.1) is 16.8 Å². The first-order valence-electron chi connectivity index (χ1n) is 9.57. The van der Waals surface area contributed by atoms with Gasteiger partial charge in [0, 0.05) is 5.39 Å². The number of ether oxygens (including phenoxy) is 1. The number of hydrogen-bond donors (Lipinski definition) is 0. The van der Waals surface area contributed by atoms with Crippen molar-refractivity contribution in [1.29, 1.82) is 0 Å². The molecule has 0 radical (unpaired) electrons. The number of carbonyl (C=O) groups excluding carboxylic acids is 2. The van der Waals surface area contributed by atoms with E-state index in [1.54, 1.807) is 12.1 Å². The number of allylic oxidation sites excluding steroid dienone is 1. The Morgan fingerprint density at radius 2 is 1.86 bits per heavy atom. The van der Waals surface area contributed by atoms with Gasteiger partial charge in [0.25, 0.3) is 0 Å². The standard InChI is InChI=1S/C24H20FNO3/c1-15(27)14-29-24(28)22-19-6-2-3-8-21(19)26-23-17(5-4-7-20(22)23)13-16-9-11-18(25)12-10-16/h2-3,6,8-13H,4-5,7,14H2,1H3/b17-13+. The largest absolute Gasteiger partial charge is 0.454 e. The fraction of sp³-hybridized carbons (Fsp3) is 0.208. The minimum atomic E-state index is -0.502. The molecule has 1 heterocycles. The summed E-state index contributed by atoms with van der Waals surface area (Å²) in [5.41, 5.74) is 4.68. The smallest absolute Gasteiger partial charge is 0.339 e. The second-order valence-corrected chi connectivity index (χ2v) is 7.18. The summed E-state index contributed by atoms with van der Waals surface area (Å²) in [6.07, 6.45) is 4.38. The number of Topliss-reactive ketones (excluding diaryl/α,β-unsaturated/α-hetero) is 1. The van der Waals surface area contributed by atoms with E-state index in [2.05, 4.69) is 0 Å². The van der Waals surface area contributed by atoms with Crippen LogP contribution in [0.5, 0.6) is 0 Å². The number of nitrogens with zero attached hydrogens (tertiary/aromatic N) is 1. The van der Waals surface area contributed by atoms with Gasteiger partial charge < -0.3 is 4.74 Å². The quantitative estimate of drug-likeness (QED) is 0.590. The molecule has 146 valence electrons. The van der Waals surface area contributed by atoms with Crippen LogP contribution in [0.3, 0.4) is 0 Å². The molecule has 1 aromatic heterocycles. The van der Waals surface area contributed by atoms with E-state index < -0.39 is 5.97 Å². The number of esters is 1. The van der Waals surface area contributed by atoms with Crippen molar-refractivity contribution in [3.63, 3.8) is 0 Å². The molecule has 4 rings (SSSR count). The Bertz CT molecular complexity index is 1130. The summed E-state index contributed by atoms with van der Waals surface area (Å²) in [6.45, 7) is 1.14. The summed E-state index contributed by atoms with van der Waals surface area (Å²) >= 11 is 0. The van der Waals surface area contributed by atoms with Crippen LogP contribution in [0.2, 0.25) is 0 Å². The molecule has 0 saturated carbocycles. The van der Waals surface area contributed by atoms with Crippen LogP contribution in [0.4, 0.5) is 4.39 Å². The number of fused-ring (bicyclic) bond motifs is 2. The van der Waals surface area contributed by atoms with Gasteiger partial charge in [-0.3, -0.25) is 4.79 Å². The Kier molecular flexibility index (Phi) is 5.21. The number of halogens is 1. The van der Waals surface area contributed by atoms with Gasteiger partial charge >= 0.3 is 5.97 Å². The second-order valence-electron chi connectivity index (χ2n) is 7.18. The zero-order chi connectivity index (χ0) is 20.4. The Morgan fingerprint density at radius 1 is 1.10 bits per heavy atom. The molecule has 0 bridgehead atoms. The van der Waals surface area contributed by atoms with Crippen LogP contribution in [0.25, 0.3) is 22.6 Å².